The van der Waals surface area contributed by atoms with E-state index in [2.05, 4.69) is 27.2 Å². The van der Waals surface area contributed by atoms with Gasteiger partial charge >= 0.3 is 13.1 Å². The molecule has 6 aliphatic rings. The second kappa shape index (κ2) is 10.6. The lowest BCUT2D eigenvalue weighted by atomic mass is 9.72. The SMILES string of the molecule is O=C(Nc1cccc(B(O)O)c1)c1ccc2c(c1)C(=O)OC21c2cc3c4c(c2Oc2c1cc1c5c2CCCN5CCC1)CCCN4CCC3. The second-order valence-corrected chi connectivity index (χ2v) is 14.3. The van der Waals surface area contributed by atoms with Gasteiger partial charge < -0.3 is 34.6 Å². The first kappa shape index (κ1) is 29.1. The number of hydrogen-bond donors (Lipinski definition) is 3. The van der Waals surface area contributed by atoms with Crippen molar-refractivity contribution in [3.63, 3.8) is 0 Å². The number of ether oxygens (including phenoxy) is 2. The number of carbonyl (C=O) groups excluding carboxylic acids is 2. The largest absolute Gasteiger partial charge is 0.488 e. The molecule has 0 aromatic heterocycles. The minimum atomic E-state index is -1.65. The fraction of sp³-hybridized carbons (Fsp3) is 0.333. The van der Waals surface area contributed by atoms with Crippen molar-refractivity contribution in [2.24, 2.45) is 0 Å². The number of anilines is 3. The lowest BCUT2D eigenvalue weighted by Crippen LogP contribution is -2.40. The highest BCUT2D eigenvalue weighted by atomic mass is 16.6. The van der Waals surface area contributed by atoms with E-state index in [1.165, 1.54) is 39.7 Å². The van der Waals surface area contributed by atoms with E-state index in [9.17, 15) is 19.6 Å². The maximum Gasteiger partial charge on any atom is 0.488 e. The van der Waals surface area contributed by atoms with Gasteiger partial charge in [0.25, 0.3) is 5.91 Å². The molecule has 6 aliphatic heterocycles. The van der Waals surface area contributed by atoms with Crippen LogP contribution in [0.4, 0.5) is 17.1 Å². The number of benzene rings is 4. The van der Waals surface area contributed by atoms with E-state index in [0.29, 0.717) is 16.8 Å². The summed E-state index contributed by atoms with van der Waals surface area (Å²) in [5, 5.41) is 22.0. The predicted molar refractivity (Wildman–Crippen MR) is 187 cm³/mol. The molecule has 6 heterocycles. The minimum absolute atomic E-state index is 0.266. The smallest absolute Gasteiger partial charge is 0.456 e. The highest BCUT2D eigenvalue weighted by Crippen LogP contribution is 2.62. The highest BCUT2D eigenvalue weighted by Gasteiger charge is 2.56. The fourth-order valence-corrected chi connectivity index (χ4v) is 9.46. The molecule has 0 saturated heterocycles. The average molecular weight is 654 g/mol. The zero-order valence-corrected chi connectivity index (χ0v) is 27.2. The first-order chi connectivity index (χ1) is 23.9. The summed E-state index contributed by atoms with van der Waals surface area (Å²) in [6.07, 6.45) is 8.01. The molecule has 0 bridgehead atoms. The van der Waals surface area contributed by atoms with Crippen LogP contribution in [0.25, 0.3) is 0 Å². The summed E-state index contributed by atoms with van der Waals surface area (Å²) in [6, 6.07) is 16.2. The fourth-order valence-electron chi connectivity index (χ4n) is 9.46. The molecule has 0 unspecified atom stereocenters. The van der Waals surface area contributed by atoms with E-state index in [4.69, 9.17) is 9.47 Å². The van der Waals surface area contributed by atoms with Gasteiger partial charge in [-0.3, -0.25) is 4.79 Å². The van der Waals surface area contributed by atoms with Crippen molar-refractivity contribution in [2.45, 2.75) is 57.0 Å². The van der Waals surface area contributed by atoms with E-state index >= 15 is 0 Å². The lowest BCUT2D eigenvalue weighted by molar-refractivity contribution is 0.0222. The Morgan fingerprint density at radius 2 is 1.37 bits per heavy atom. The normalized spacial score (nSPS) is 18.8. The molecule has 246 valence electrons. The maximum absolute atomic E-state index is 14.2. The maximum atomic E-state index is 14.2. The predicted octanol–water partition coefficient (Wildman–Crippen LogP) is 4.58. The zero-order chi connectivity index (χ0) is 33.0. The topological polar surface area (TPSA) is 112 Å². The van der Waals surface area contributed by atoms with Crippen molar-refractivity contribution in [3.05, 3.63) is 105 Å². The number of fused-ring (bicyclic) bond motifs is 8. The number of rotatable bonds is 3. The van der Waals surface area contributed by atoms with Gasteiger partial charge in [-0.1, -0.05) is 18.2 Å². The molecule has 0 saturated carbocycles. The van der Waals surface area contributed by atoms with Gasteiger partial charge in [0.2, 0.25) is 0 Å². The van der Waals surface area contributed by atoms with Crippen LogP contribution in [0.2, 0.25) is 0 Å². The van der Waals surface area contributed by atoms with Crippen molar-refractivity contribution in [2.75, 3.05) is 41.3 Å². The molecule has 3 N–H and O–H groups in total. The van der Waals surface area contributed by atoms with Crippen LogP contribution >= 0.6 is 0 Å². The van der Waals surface area contributed by atoms with E-state index in [1.807, 2.05) is 6.07 Å². The number of aryl methyl sites for hydroxylation is 2. The molecule has 0 atom stereocenters. The molecule has 10 heteroatoms. The second-order valence-electron chi connectivity index (χ2n) is 14.3. The van der Waals surface area contributed by atoms with Gasteiger partial charge in [-0.2, -0.15) is 0 Å². The summed E-state index contributed by atoms with van der Waals surface area (Å²) in [5.74, 6) is 0.784. The van der Waals surface area contributed by atoms with E-state index in [0.717, 1.165) is 106 Å². The molecule has 0 radical (unpaired) electrons. The Kier molecular flexibility index (Phi) is 6.31. The number of nitrogens with one attached hydrogen (secondary N) is 1. The summed E-state index contributed by atoms with van der Waals surface area (Å²) in [4.78, 5) is 32.7. The molecule has 4 aromatic carbocycles. The first-order valence-electron chi connectivity index (χ1n) is 17.6. The Hall–Kier alpha value is -4.80. The van der Waals surface area contributed by atoms with Crippen molar-refractivity contribution in [1.29, 1.82) is 0 Å². The summed E-state index contributed by atoms with van der Waals surface area (Å²) in [6.45, 7) is 4.17. The number of nitrogens with zero attached hydrogens (tertiary/aromatic N) is 2. The Morgan fingerprint density at radius 1 is 0.755 bits per heavy atom. The van der Waals surface area contributed by atoms with Gasteiger partial charge in [0.05, 0.1) is 5.56 Å². The third-order valence-electron chi connectivity index (χ3n) is 11.5. The molecule has 1 amide bonds. The Balaban J connectivity index is 1.17. The number of esters is 1. The van der Waals surface area contributed by atoms with Gasteiger partial charge in [-0.15, -0.1) is 0 Å². The van der Waals surface area contributed by atoms with Gasteiger partial charge in [-0.05, 0) is 104 Å². The van der Waals surface area contributed by atoms with Crippen LogP contribution in [0.3, 0.4) is 0 Å². The molecule has 0 fully saturated rings. The van der Waals surface area contributed by atoms with Crippen LogP contribution < -0.4 is 25.3 Å². The molecular weight excluding hydrogens is 617 g/mol. The van der Waals surface area contributed by atoms with Crippen molar-refractivity contribution < 1.29 is 29.1 Å². The van der Waals surface area contributed by atoms with E-state index in [1.54, 1.807) is 30.3 Å². The summed E-state index contributed by atoms with van der Waals surface area (Å²) in [7, 11) is -1.65. The van der Waals surface area contributed by atoms with Gasteiger partial charge in [0.15, 0.2) is 5.60 Å². The first-order valence-corrected chi connectivity index (χ1v) is 17.6. The molecule has 1 spiro atoms. The van der Waals surface area contributed by atoms with Gasteiger partial charge in [0, 0.05) is 76.6 Å². The summed E-state index contributed by atoms with van der Waals surface area (Å²) in [5.41, 5.74) is 10.3. The molecule has 4 aromatic rings. The van der Waals surface area contributed by atoms with Crippen molar-refractivity contribution >= 4 is 41.5 Å². The number of hydrogen-bond acceptors (Lipinski definition) is 8. The lowest BCUT2D eigenvalue weighted by Gasteiger charge is -2.45. The minimum Gasteiger partial charge on any atom is -0.456 e. The zero-order valence-electron chi connectivity index (χ0n) is 27.2. The Bertz CT molecular complexity index is 2040. The Labute approximate surface area is 284 Å². The standard InChI is InChI=1S/C39H36BN3O6/c44-37(41-26-9-1-8-25(21-26)40(46)47)24-12-13-30-29(18-24)38(45)49-39(30)31-19-22-6-2-14-42-16-4-10-27(33(22)42)35(31)48-36-28-11-5-17-43-15-3-7-23(34(28)43)20-32(36)39/h1,8-9,12-13,18-21,46-47H,2-7,10-11,14-17H2,(H,41,44). The van der Waals surface area contributed by atoms with E-state index in [-0.39, 0.29) is 5.46 Å². The molecule has 49 heavy (non-hydrogen) atoms. The molecular formula is C39H36BN3O6. The summed E-state index contributed by atoms with van der Waals surface area (Å²) < 4.78 is 13.9. The average Bonchev–Trinajstić information content (AvgIpc) is 3.41. The quantitative estimate of drug-likeness (QED) is 0.218. The van der Waals surface area contributed by atoms with Crippen LogP contribution in [0, 0.1) is 0 Å². The third kappa shape index (κ3) is 4.13. The van der Waals surface area contributed by atoms with Crippen LogP contribution in [0.15, 0.2) is 54.6 Å². The molecule has 0 aliphatic carbocycles. The van der Waals surface area contributed by atoms with Crippen LogP contribution in [-0.4, -0.2) is 55.2 Å². The molecule has 10 rings (SSSR count). The monoisotopic (exact) mass is 653 g/mol. The number of carbonyl (C=O) groups is 2. The van der Waals surface area contributed by atoms with Crippen LogP contribution in [0.5, 0.6) is 11.5 Å². The summed E-state index contributed by atoms with van der Waals surface area (Å²) >= 11 is 0. The molecule has 9 nitrogen and oxygen atoms in total. The highest BCUT2D eigenvalue weighted by molar-refractivity contribution is 6.58. The van der Waals surface area contributed by atoms with Crippen LogP contribution in [-0.2, 0) is 36.0 Å². The van der Waals surface area contributed by atoms with Crippen molar-refractivity contribution in [1.82, 2.24) is 0 Å². The van der Waals surface area contributed by atoms with Gasteiger partial charge in [-0.25, -0.2) is 4.79 Å². The van der Waals surface area contributed by atoms with Gasteiger partial charge in [0.1, 0.15) is 11.5 Å². The van der Waals surface area contributed by atoms with E-state index < -0.39 is 24.6 Å². The third-order valence-corrected chi connectivity index (χ3v) is 11.5. The number of amides is 1. The Morgan fingerprint density at radius 3 is 1.98 bits per heavy atom. The van der Waals surface area contributed by atoms with Crippen molar-refractivity contribution in [3.8, 4) is 11.5 Å². The van der Waals surface area contributed by atoms with Crippen LogP contribution in [0.1, 0.15) is 85.3 Å².